The van der Waals surface area contributed by atoms with Crippen LogP contribution in [0.25, 0.3) is 11.3 Å². The lowest BCUT2D eigenvalue weighted by atomic mass is 9.83. The minimum Gasteiger partial charge on any atom is -0.483 e. The molecule has 2 fully saturated rings. The van der Waals surface area contributed by atoms with Crippen molar-refractivity contribution in [1.82, 2.24) is 15.0 Å². The van der Waals surface area contributed by atoms with Crippen molar-refractivity contribution in [3.63, 3.8) is 0 Å². The molecule has 2 aromatic rings. The van der Waals surface area contributed by atoms with Crippen LogP contribution >= 0.6 is 0 Å². The fourth-order valence-corrected chi connectivity index (χ4v) is 4.41. The molecule has 2 saturated heterocycles. The number of aromatic carboxylic acids is 1. The third-order valence-electron chi connectivity index (χ3n) is 6.11. The molecule has 0 atom stereocenters. The number of piperazine rings is 1. The molecule has 0 saturated carbocycles. The van der Waals surface area contributed by atoms with Crippen molar-refractivity contribution in [2.75, 3.05) is 51.7 Å². The summed E-state index contributed by atoms with van der Waals surface area (Å²) in [7, 11) is 4.38. The van der Waals surface area contributed by atoms with Gasteiger partial charge in [0.05, 0.1) is 0 Å². The number of piperidine rings is 1. The summed E-state index contributed by atoms with van der Waals surface area (Å²) in [5, 5.41) is 20.8. The molecule has 9 heteroatoms. The second kappa shape index (κ2) is 9.27. The van der Waals surface area contributed by atoms with Gasteiger partial charge in [-0.05, 0) is 26.9 Å². The maximum atomic E-state index is 12.0. The Kier molecular flexibility index (Phi) is 6.73. The summed E-state index contributed by atoms with van der Waals surface area (Å²) in [6.45, 7) is 4.52. The lowest BCUT2D eigenvalue weighted by Gasteiger charge is -2.52. The van der Waals surface area contributed by atoms with Crippen LogP contribution in [-0.2, 0) is 4.79 Å². The number of rotatable bonds is 3. The minimum atomic E-state index is -1.00. The van der Waals surface area contributed by atoms with Crippen LogP contribution in [0.15, 0.2) is 34.9 Å². The summed E-state index contributed by atoms with van der Waals surface area (Å²) in [4.78, 5) is 27.3. The van der Waals surface area contributed by atoms with Gasteiger partial charge in [0.15, 0.2) is 17.1 Å². The maximum absolute atomic E-state index is 12.0. The molecule has 0 aliphatic carbocycles. The van der Waals surface area contributed by atoms with Crippen LogP contribution in [0.1, 0.15) is 23.2 Å². The van der Waals surface area contributed by atoms with Gasteiger partial charge >= 0.3 is 5.97 Å². The molecular weight excluding hydrogens is 388 g/mol. The molecule has 9 nitrogen and oxygen atoms in total. The summed E-state index contributed by atoms with van der Waals surface area (Å²) in [6, 6.07) is 9.30. The molecule has 0 radical (unpaired) electrons. The van der Waals surface area contributed by atoms with Crippen molar-refractivity contribution in [1.29, 1.82) is 0 Å². The molecule has 1 aromatic carbocycles. The highest BCUT2D eigenvalue weighted by Gasteiger charge is 2.42. The second-order valence-corrected chi connectivity index (χ2v) is 7.86. The van der Waals surface area contributed by atoms with Gasteiger partial charge in [0, 0.05) is 43.8 Å². The summed E-state index contributed by atoms with van der Waals surface area (Å²) in [5.41, 5.74) is 1.06. The van der Waals surface area contributed by atoms with Crippen LogP contribution in [-0.4, -0.2) is 90.0 Å². The number of nitrogens with zero attached hydrogens (tertiary/aromatic N) is 4. The Bertz CT molecular complexity index is 862. The highest BCUT2D eigenvalue weighted by molar-refractivity contribution is 5.99. The SMILES string of the molecule is CN1CCN(C)C2(CCN(c3noc(-c4ccccc4)c3C(=O)O)CC2)C1.O=CO. The Morgan fingerprint density at radius 3 is 2.37 bits per heavy atom. The fraction of sp³-hybridized carbons (Fsp3) is 0.476. The molecule has 4 rings (SSSR count). The van der Waals surface area contributed by atoms with Crippen LogP contribution in [0, 0.1) is 0 Å². The predicted octanol–water partition coefficient (Wildman–Crippen LogP) is 1.96. The van der Waals surface area contributed by atoms with E-state index in [1.165, 1.54) is 0 Å². The Labute approximate surface area is 175 Å². The van der Waals surface area contributed by atoms with E-state index < -0.39 is 5.97 Å². The van der Waals surface area contributed by atoms with Crippen molar-refractivity contribution in [2.45, 2.75) is 18.4 Å². The lowest BCUT2D eigenvalue weighted by molar-refractivity contribution is -0.122. The zero-order valence-corrected chi connectivity index (χ0v) is 17.3. The Balaban J connectivity index is 0.000000806. The quantitative estimate of drug-likeness (QED) is 0.725. The van der Waals surface area contributed by atoms with E-state index in [1.54, 1.807) is 0 Å². The van der Waals surface area contributed by atoms with Gasteiger partial charge in [-0.25, -0.2) is 4.79 Å². The van der Waals surface area contributed by atoms with E-state index in [0.717, 1.165) is 51.1 Å². The van der Waals surface area contributed by atoms with Gasteiger partial charge in [-0.2, -0.15) is 0 Å². The number of likely N-dealkylation sites (N-methyl/N-ethyl adjacent to an activating group) is 2. The van der Waals surface area contributed by atoms with Gasteiger partial charge in [0.1, 0.15) is 0 Å². The van der Waals surface area contributed by atoms with Crippen LogP contribution < -0.4 is 4.90 Å². The lowest BCUT2D eigenvalue weighted by Crippen LogP contribution is -2.63. The molecule has 1 spiro atoms. The molecule has 162 valence electrons. The third kappa shape index (κ3) is 4.31. The number of carboxylic acid groups (broad SMARTS) is 2. The van der Waals surface area contributed by atoms with E-state index in [4.69, 9.17) is 14.4 Å². The first-order chi connectivity index (χ1) is 14.4. The van der Waals surface area contributed by atoms with Gasteiger partial charge in [0.2, 0.25) is 0 Å². The smallest absolute Gasteiger partial charge is 0.343 e. The zero-order valence-electron chi connectivity index (χ0n) is 17.3. The van der Waals surface area contributed by atoms with Crippen molar-refractivity contribution in [2.24, 2.45) is 0 Å². The summed E-state index contributed by atoms with van der Waals surface area (Å²) >= 11 is 0. The molecular formula is C21H28N4O5. The van der Waals surface area contributed by atoms with Crippen LogP contribution in [0.4, 0.5) is 5.82 Å². The first-order valence-electron chi connectivity index (χ1n) is 9.93. The molecule has 2 aliphatic rings. The van der Waals surface area contributed by atoms with Crippen molar-refractivity contribution in [3.05, 3.63) is 35.9 Å². The molecule has 0 amide bonds. The molecule has 30 heavy (non-hydrogen) atoms. The fourth-order valence-electron chi connectivity index (χ4n) is 4.41. The minimum absolute atomic E-state index is 0.159. The summed E-state index contributed by atoms with van der Waals surface area (Å²) < 4.78 is 5.48. The highest BCUT2D eigenvalue weighted by atomic mass is 16.5. The Hall–Kier alpha value is -2.91. The molecule has 2 aliphatic heterocycles. The molecule has 3 heterocycles. The standard InChI is InChI=1S/C20H26N4O3.CH2O2/c1-22-12-13-23(2)20(14-22)8-10-24(11-9-20)18-16(19(25)26)17(27-21-18)15-6-4-3-5-7-15;2-1-3/h3-7H,8-14H2,1-2H3,(H,25,26);1H,(H,2,3). The number of carboxylic acids is 1. The van der Waals surface area contributed by atoms with Gasteiger partial charge < -0.3 is 24.5 Å². The van der Waals surface area contributed by atoms with Crippen molar-refractivity contribution < 1.29 is 24.3 Å². The van der Waals surface area contributed by atoms with E-state index in [0.29, 0.717) is 11.6 Å². The van der Waals surface area contributed by atoms with E-state index in [-0.39, 0.29) is 17.6 Å². The molecule has 2 N–H and O–H groups in total. The maximum Gasteiger partial charge on any atom is 0.343 e. The number of hydrogen-bond acceptors (Lipinski definition) is 7. The summed E-state index contributed by atoms with van der Waals surface area (Å²) in [6.07, 6.45) is 1.97. The molecule has 0 unspecified atom stereocenters. The number of anilines is 1. The highest BCUT2D eigenvalue weighted by Crippen LogP contribution is 2.36. The predicted molar refractivity (Wildman–Crippen MR) is 112 cm³/mol. The monoisotopic (exact) mass is 416 g/mol. The number of benzene rings is 1. The van der Waals surface area contributed by atoms with E-state index in [1.807, 2.05) is 30.3 Å². The number of aromatic nitrogens is 1. The average Bonchev–Trinajstić information content (AvgIpc) is 3.18. The number of carbonyl (C=O) groups is 2. The number of hydrogen-bond donors (Lipinski definition) is 2. The zero-order chi connectivity index (χ0) is 21.7. The Morgan fingerprint density at radius 1 is 1.13 bits per heavy atom. The normalized spacial score (nSPS) is 19.2. The largest absolute Gasteiger partial charge is 0.483 e. The summed E-state index contributed by atoms with van der Waals surface area (Å²) in [5.74, 6) is -0.226. The van der Waals surface area contributed by atoms with Gasteiger partial charge in [-0.1, -0.05) is 35.5 Å². The Morgan fingerprint density at radius 2 is 1.77 bits per heavy atom. The second-order valence-electron chi connectivity index (χ2n) is 7.86. The van der Waals surface area contributed by atoms with Gasteiger partial charge in [-0.3, -0.25) is 9.69 Å². The first kappa shape index (κ1) is 21.8. The first-order valence-corrected chi connectivity index (χ1v) is 9.93. The van der Waals surface area contributed by atoms with Crippen molar-refractivity contribution in [3.8, 4) is 11.3 Å². The molecule has 0 bridgehead atoms. The van der Waals surface area contributed by atoms with E-state index in [2.05, 4.69) is 34.0 Å². The third-order valence-corrected chi connectivity index (χ3v) is 6.11. The van der Waals surface area contributed by atoms with Crippen LogP contribution in [0.2, 0.25) is 0 Å². The van der Waals surface area contributed by atoms with Crippen LogP contribution in [0.3, 0.4) is 0 Å². The van der Waals surface area contributed by atoms with Crippen LogP contribution in [0.5, 0.6) is 0 Å². The average molecular weight is 416 g/mol. The van der Waals surface area contributed by atoms with E-state index >= 15 is 0 Å². The van der Waals surface area contributed by atoms with E-state index in [9.17, 15) is 9.90 Å². The van der Waals surface area contributed by atoms with Gasteiger partial charge in [-0.15, -0.1) is 0 Å². The molecule has 1 aromatic heterocycles. The van der Waals surface area contributed by atoms with Gasteiger partial charge in [0.25, 0.3) is 6.47 Å². The topological polar surface area (TPSA) is 110 Å². The van der Waals surface area contributed by atoms with Crippen molar-refractivity contribution >= 4 is 18.3 Å².